The van der Waals surface area contributed by atoms with Crippen LogP contribution in [0.25, 0.3) is 0 Å². The van der Waals surface area contributed by atoms with Crippen molar-refractivity contribution in [2.24, 2.45) is 0 Å². The largest absolute Gasteiger partial charge is 0.478 e. The Morgan fingerprint density at radius 2 is 1.91 bits per heavy atom. The second-order valence-corrected chi connectivity index (χ2v) is 4.44. The average Bonchev–Trinajstić information content (AvgIpc) is 2.55. The number of nitriles is 1. The molecule has 0 fully saturated rings. The van der Waals surface area contributed by atoms with Crippen molar-refractivity contribution < 1.29 is 23.8 Å². The van der Waals surface area contributed by atoms with E-state index in [0.29, 0.717) is 11.5 Å². The van der Waals surface area contributed by atoms with Crippen molar-refractivity contribution in [3.63, 3.8) is 0 Å². The van der Waals surface area contributed by atoms with E-state index in [1.165, 1.54) is 42.5 Å². The number of halogens is 1. The van der Waals surface area contributed by atoms with E-state index in [2.05, 4.69) is 6.58 Å². The molecule has 2 aromatic carbocycles. The van der Waals surface area contributed by atoms with Crippen LogP contribution in [0.2, 0.25) is 0 Å². The van der Waals surface area contributed by atoms with Crippen molar-refractivity contribution >= 4 is 5.97 Å². The molecule has 0 heterocycles. The molecule has 0 saturated heterocycles. The summed E-state index contributed by atoms with van der Waals surface area (Å²) in [4.78, 5) is 10.8. The smallest absolute Gasteiger partial charge is 0.349 e. The quantitative estimate of drug-likeness (QED) is 0.826. The van der Waals surface area contributed by atoms with Gasteiger partial charge in [-0.3, -0.25) is 0 Å². The molecule has 2 rings (SSSR count). The lowest BCUT2D eigenvalue weighted by atomic mass is 10.2. The van der Waals surface area contributed by atoms with E-state index in [1.807, 2.05) is 6.07 Å². The van der Waals surface area contributed by atoms with Crippen molar-refractivity contribution in [1.29, 1.82) is 5.26 Å². The van der Waals surface area contributed by atoms with Gasteiger partial charge in [-0.2, -0.15) is 5.26 Å². The van der Waals surface area contributed by atoms with Crippen LogP contribution < -0.4 is 9.47 Å². The van der Waals surface area contributed by atoms with Crippen molar-refractivity contribution in [3.05, 3.63) is 66.5 Å². The third-order valence-corrected chi connectivity index (χ3v) is 2.83. The van der Waals surface area contributed by atoms with Gasteiger partial charge in [-0.1, -0.05) is 6.58 Å². The summed E-state index contributed by atoms with van der Waals surface area (Å²) in [5.41, 5.74) is 0.197. The van der Waals surface area contributed by atoms with Gasteiger partial charge in [0.05, 0.1) is 11.6 Å². The summed E-state index contributed by atoms with van der Waals surface area (Å²) in [6.07, 6.45) is 0.0107. The molecule has 1 atom stereocenters. The number of rotatable bonds is 6. The normalized spacial score (nSPS) is 11.1. The molecule has 0 unspecified atom stereocenters. The Kier molecular flexibility index (Phi) is 4.95. The van der Waals surface area contributed by atoms with Crippen molar-refractivity contribution in [2.75, 3.05) is 0 Å². The maximum atomic E-state index is 13.7. The van der Waals surface area contributed by atoms with Gasteiger partial charge in [0.2, 0.25) is 6.10 Å². The molecule has 0 spiro atoms. The lowest BCUT2D eigenvalue weighted by Gasteiger charge is -2.12. The molecule has 2 aromatic rings. The van der Waals surface area contributed by atoms with Crippen LogP contribution >= 0.6 is 0 Å². The first-order valence-electron chi connectivity index (χ1n) is 6.53. The molecule has 0 amide bonds. The number of hydrogen-bond donors (Lipinski definition) is 1. The number of carbonyl (C=O) groups is 1. The highest BCUT2D eigenvalue weighted by molar-refractivity contribution is 5.74. The van der Waals surface area contributed by atoms with Gasteiger partial charge in [0.25, 0.3) is 0 Å². The first-order valence-corrected chi connectivity index (χ1v) is 6.53. The van der Waals surface area contributed by atoms with E-state index in [4.69, 9.17) is 19.8 Å². The Balaban J connectivity index is 2.10. The zero-order chi connectivity index (χ0) is 16.8. The van der Waals surface area contributed by atoms with Crippen LogP contribution in [0.3, 0.4) is 0 Å². The molecule has 0 aromatic heterocycles. The second kappa shape index (κ2) is 7.09. The van der Waals surface area contributed by atoms with Crippen LogP contribution in [0.4, 0.5) is 4.39 Å². The molecule has 0 bridgehead atoms. The summed E-state index contributed by atoms with van der Waals surface area (Å²) in [6, 6.07) is 11.7. The topological polar surface area (TPSA) is 79.5 Å². The number of nitrogens with zero attached hydrogens (tertiary/aromatic N) is 1. The molecular weight excluding hydrogens is 301 g/mol. The Morgan fingerprint density at radius 1 is 1.26 bits per heavy atom. The summed E-state index contributed by atoms with van der Waals surface area (Å²) in [5, 5.41) is 17.6. The van der Waals surface area contributed by atoms with Gasteiger partial charge in [0.15, 0.2) is 11.6 Å². The fraction of sp³-hybridized carbons (Fsp3) is 0.0588. The summed E-state index contributed by atoms with van der Waals surface area (Å²) in [7, 11) is 0. The van der Waals surface area contributed by atoms with Gasteiger partial charge in [-0.25, -0.2) is 9.18 Å². The first kappa shape index (κ1) is 16.0. The molecule has 6 heteroatoms. The molecule has 116 valence electrons. The van der Waals surface area contributed by atoms with Crippen LogP contribution in [-0.4, -0.2) is 17.2 Å². The third-order valence-electron chi connectivity index (χ3n) is 2.83. The zero-order valence-corrected chi connectivity index (χ0v) is 11.9. The van der Waals surface area contributed by atoms with Crippen molar-refractivity contribution in [1.82, 2.24) is 0 Å². The molecule has 0 aliphatic heterocycles. The number of ether oxygens (including phenoxy) is 2. The van der Waals surface area contributed by atoms with E-state index >= 15 is 0 Å². The van der Waals surface area contributed by atoms with E-state index < -0.39 is 17.9 Å². The highest BCUT2D eigenvalue weighted by Gasteiger charge is 2.14. The zero-order valence-electron chi connectivity index (χ0n) is 11.9. The van der Waals surface area contributed by atoms with Crippen molar-refractivity contribution in [3.8, 4) is 23.3 Å². The van der Waals surface area contributed by atoms with Crippen molar-refractivity contribution in [2.45, 2.75) is 6.10 Å². The molecule has 23 heavy (non-hydrogen) atoms. The minimum atomic E-state index is -1.15. The highest BCUT2D eigenvalue weighted by Crippen LogP contribution is 2.27. The fourth-order valence-corrected chi connectivity index (χ4v) is 1.71. The van der Waals surface area contributed by atoms with Crippen LogP contribution in [0, 0.1) is 17.1 Å². The van der Waals surface area contributed by atoms with Crippen LogP contribution in [0.5, 0.6) is 17.2 Å². The Hall–Kier alpha value is -3.33. The standard InChI is InChI=1S/C17H12FNO4/c1-2-15(17(20)21)22-12-4-6-13(7-5-12)23-16-8-3-11(10-19)9-14(16)18/h2-9,15H,1H2,(H,20,21)/t15-/m1/s1. The number of hydrogen-bond acceptors (Lipinski definition) is 4. The van der Waals surface area contributed by atoms with Crippen LogP contribution in [0.1, 0.15) is 5.56 Å². The highest BCUT2D eigenvalue weighted by atomic mass is 19.1. The Labute approximate surface area is 131 Å². The minimum Gasteiger partial charge on any atom is -0.478 e. The second-order valence-electron chi connectivity index (χ2n) is 4.44. The first-order chi connectivity index (χ1) is 11.0. The predicted octanol–water partition coefficient (Wildman–Crippen LogP) is 3.51. The minimum absolute atomic E-state index is 0.0211. The molecule has 0 saturated carbocycles. The molecule has 0 radical (unpaired) electrons. The van der Waals surface area contributed by atoms with Gasteiger partial charge in [0, 0.05) is 0 Å². The maximum absolute atomic E-state index is 13.7. The Morgan fingerprint density at radius 3 is 2.43 bits per heavy atom. The van der Waals surface area contributed by atoms with Gasteiger partial charge in [-0.15, -0.1) is 0 Å². The third kappa shape index (κ3) is 4.08. The van der Waals surface area contributed by atoms with E-state index in [9.17, 15) is 9.18 Å². The number of aliphatic carboxylic acids is 1. The van der Waals surface area contributed by atoms with E-state index in [0.717, 1.165) is 6.07 Å². The SMILES string of the molecule is C=C[C@@H](Oc1ccc(Oc2ccc(C#N)cc2F)cc1)C(=O)O. The van der Waals surface area contributed by atoms with Gasteiger partial charge in [0.1, 0.15) is 11.5 Å². The Bertz CT molecular complexity index is 765. The number of benzene rings is 2. The molecule has 0 aliphatic carbocycles. The lowest BCUT2D eigenvalue weighted by molar-refractivity contribution is -0.142. The van der Waals surface area contributed by atoms with Crippen LogP contribution in [0.15, 0.2) is 55.1 Å². The van der Waals surface area contributed by atoms with Crippen LogP contribution in [-0.2, 0) is 4.79 Å². The number of carboxylic acids is 1. The van der Waals surface area contributed by atoms with E-state index in [-0.39, 0.29) is 11.3 Å². The van der Waals surface area contributed by atoms with Gasteiger partial charge in [-0.05, 0) is 48.5 Å². The van der Waals surface area contributed by atoms with Gasteiger partial charge >= 0.3 is 5.97 Å². The monoisotopic (exact) mass is 313 g/mol. The molecular formula is C17H12FNO4. The van der Waals surface area contributed by atoms with Gasteiger partial charge < -0.3 is 14.6 Å². The molecule has 1 N–H and O–H groups in total. The maximum Gasteiger partial charge on any atom is 0.349 e. The number of carboxylic acid groups (broad SMARTS) is 1. The summed E-state index contributed by atoms with van der Waals surface area (Å²) in [6.45, 7) is 3.38. The summed E-state index contributed by atoms with van der Waals surface area (Å²) in [5.74, 6) is -1.18. The molecule has 5 nitrogen and oxygen atoms in total. The molecule has 0 aliphatic rings. The predicted molar refractivity (Wildman–Crippen MR) is 79.9 cm³/mol. The summed E-state index contributed by atoms with van der Waals surface area (Å²) >= 11 is 0. The average molecular weight is 313 g/mol. The fourth-order valence-electron chi connectivity index (χ4n) is 1.71. The van der Waals surface area contributed by atoms with E-state index in [1.54, 1.807) is 0 Å². The lowest BCUT2D eigenvalue weighted by Crippen LogP contribution is -2.24. The summed E-state index contributed by atoms with van der Waals surface area (Å²) < 4.78 is 24.3.